The van der Waals surface area contributed by atoms with Gasteiger partial charge in [0.05, 0.1) is 6.54 Å². The summed E-state index contributed by atoms with van der Waals surface area (Å²) in [6, 6.07) is 13.4. The normalized spacial score (nSPS) is 11.9. The number of aryl methyl sites for hydroxylation is 1. The molecular weight excluding hydrogens is 320 g/mol. The third-order valence-electron chi connectivity index (χ3n) is 3.87. The van der Waals surface area contributed by atoms with Gasteiger partial charge >= 0.3 is 6.03 Å². The molecule has 25 heavy (non-hydrogen) atoms. The van der Waals surface area contributed by atoms with Gasteiger partial charge in [-0.3, -0.25) is 0 Å². The second-order valence-electron chi connectivity index (χ2n) is 5.94. The van der Waals surface area contributed by atoms with Crippen LogP contribution in [0.15, 0.2) is 42.5 Å². The van der Waals surface area contributed by atoms with Gasteiger partial charge in [-0.05, 0) is 36.8 Å². The molecule has 0 bridgehead atoms. The van der Waals surface area contributed by atoms with Gasteiger partial charge in [0.1, 0.15) is 12.4 Å². The third-order valence-corrected chi connectivity index (χ3v) is 3.87. The van der Waals surface area contributed by atoms with E-state index in [-0.39, 0.29) is 12.8 Å². The molecule has 3 rings (SSSR count). The fraction of sp³-hybridized carbons (Fsp3) is 0.316. The average molecular weight is 342 g/mol. The number of benzene rings is 2. The Kier molecular flexibility index (Phi) is 5.28. The van der Waals surface area contributed by atoms with Crippen molar-refractivity contribution in [3.63, 3.8) is 0 Å². The number of hydrogen-bond acceptors (Lipinski definition) is 4. The van der Waals surface area contributed by atoms with Crippen LogP contribution < -0.4 is 19.5 Å². The van der Waals surface area contributed by atoms with Crippen LogP contribution in [0.25, 0.3) is 0 Å². The lowest BCUT2D eigenvalue weighted by molar-refractivity contribution is 0.174. The lowest BCUT2D eigenvalue weighted by atomic mass is 10.2. The Bertz CT molecular complexity index is 731. The Morgan fingerprint density at radius 1 is 1.16 bits per heavy atom. The molecule has 1 heterocycles. The largest absolute Gasteiger partial charge is 0.492 e. The molecule has 0 saturated heterocycles. The van der Waals surface area contributed by atoms with Crippen LogP contribution in [0, 0.1) is 6.92 Å². The van der Waals surface area contributed by atoms with E-state index < -0.39 is 0 Å². The van der Waals surface area contributed by atoms with Gasteiger partial charge in [-0.25, -0.2) is 4.79 Å². The van der Waals surface area contributed by atoms with Gasteiger partial charge in [0.25, 0.3) is 0 Å². The number of nitrogens with one attached hydrogen (secondary N) is 1. The quantitative estimate of drug-likeness (QED) is 0.820. The van der Waals surface area contributed by atoms with Gasteiger partial charge in [-0.2, -0.15) is 0 Å². The number of hydrogen-bond donors (Lipinski definition) is 1. The van der Waals surface area contributed by atoms with Crippen molar-refractivity contribution in [1.29, 1.82) is 0 Å². The predicted molar refractivity (Wildman–Crippen MR) is 94.1 cm³/mol. The summed E-state index contributed by atoms with van der Waals surface area (Å²) < 4.78 is 16.2. The molecule has 2 aromatic carbocycles. The molecule has 1 aliphatic heterocycles. The minimum absolute atomic E-state index is 0.148. The zero-order valence-electron chi connectivity index (χ0n) is 14.5. The first kappa shape index (κ1) is 17.0. The maximum Gasteiger partial charge on any atom is 0.317 e. The van der Waals surface area contributed by atoms with Crippen LogP contribution in [-0.2, 0) is 6.54 Å². The summed E-state index contributed by atoms with van der Waals surface area (Å²) in [6.45, 7) is 3.63. The van der Waals surface area contributed by atoms with Crippen LogP contribution in [0.4, 0.5) is 4.79 Å². The summed E-state index contributed by atoms with van der Waals surface area (Å²) in [5.74, 6) is 2.26. The van der Waals surface area contributed by atoms with Crippen molar-refractivity contribution >= 4 is 6.03 Å². The second kappa shape index (κ2) is 7.79. The van der Waals surface area contributed by atoms with Crippen molar-refractivity contribution in [2.75, 3.05) is 27.0 Å². The maximum atomic E-state index is 12.1. The van der Waals surface area contributed by atoms with Gasteiger partial charge in [0.2, 0.25) is 6.79 Å². The van der Waals surface area contributed by atoms with Gasteiger partial charge in [0.15, 0.2) is 11.5 Å². The molecule has 2 aromatic rings. The average Bonchev–Trinajstić information content (AvgIpc) is 3.07. The minimum Gasteiger partial charge on any atom is -0.492 e. The molecule has 0 aliphatic carbocycles. The fourth-order valence-electron chi connectivity index (χ4n) is 2.48. The molecule has 0 saturated carbocycles. The number of fused-ring (bicyclic) bond motifs is 1. The standard InChI is InChI=1S/C19H22N2O4/c1-14-3-6-16(7-4-14)23-10-9-20-19(22)21(2)12-15-5-8-17-18(11-15)25-13-24-17/h3-8,11H,9-10,12-13H2,1-2H3,(H,20,22). The van der Waals surface area contributed by atoms with Gasteiger partial charge in [0, 0.05) is 13.6 Å². The van der Waals surface area contributed by atoms with Crippen LogP contribution in [0.2, 0.25) is 0 Å². The molecule has 6 nitrogen and oxygen atoms in total. The van der Waals surface area contributed by atoms with E-state index in [1.54, 1.807) is 11.9 Å². The van der Waals surface area contributed by atoms with E-state index >= 15 is 0 Å². The van der Waals surface area contributed by atoms with Crippen molar-refractivity contribution < 1.29 is 19.0 Å². The first-order chi connectivity index (χ1) is 12.1. The zero-order valence-corrected chi connectivity index (χ0v) is 14.5. The lowest BCUT2D eigenvalue weighted by Crippen LogP contribution is -2.38. The first-order valence-electron chi connectivity index (χ1n) is 8.19. The minimum atomic E-state index is -0.148. The van der Waals surface area contributed by atoms with E-state index in [0.717, 1.165) is 22.8 Å². The number of ether oxygens (including phenoxy) is 3. The van der Waals surface area contributed by atoms with Gasteiger partial charge in [-0.15, -0.1) is 0 Å². The molecule has 0 atom stereocenters. The predicted octanol–water partition coefficient (Wildman–Crippen LogP) is 2.94. The SMILES string of the molecule is Cc1ccc(OCCNC(=O)N(C)Cc2ccc3c(c2)OCO3)cc1. The van der Waals surface area contributed by atoms with Crippen molar-refractivity contribution in [3.8, 4) is 17.2 Å². The van der Waals surface area contributed by atoms with Crippen molar-refractivity contribution in [2.24, 2.45) is 0 Å². The van der Waals surface area contributed by atoms with E-state index in [4.69, 9.17) is 14.2 Å². The smallest absolute Gasteiger partial charge is 0.317 e. The van der Waals surface area contributed by atoms with E-state index in [1.165, 1.54) is 5.56 Å². The lowest BCUT2D eigenvalue weighted by Gasteiger charge is -2.18. The number of rotatable bonds is 6. The number of nitrogens with zero attached hydrogens (tertiary/aromatic N) is 1. The van der Waals surface area contributed by atoms with Gasteiger partial charge in [-0.1, -0.05) is 23.8 Å². The summed E-state index contributed by atoms with van der Waals surface area (Å²) >= 11 is 0. The molecule has 1 aliphatic rings. The first-order valence-corrected chi connectivity index (χ1v) is 8.19. The molecule has 0 fully saturated rings. The van der Waals surface area contributed by atoms with Crippen LogP contribution in [0.5, 0.6) is 17.2 Å². The molecule has 0 aromatic heterocycles. The second-order valence-corrected chi connectivity index (χ2v) is 5.94. The highest BCUT2D eigenvalue weighted by molar-refractivity contribution is 5.73. The van der Waals surface area contributed by atoms with Crippen molar-refractivity contribution in [2.45, 2.75) is 13.5 Å². The number of carbonyl (C=O) groups is 1. The van der Waals surface area contributed by atoms with Crippen LogP contribution in [0.1, 0.15) is 11.1 Å². The molecule has 6 heteroatoms. The summed E-state index contributed by atoms with van der Waals surface area (Å²) in [6.07, 6.45) is 0. The summed E-state index contributed by atoms with van der Waals surface area (Å²) in [7, 11) is 1.75. The number of amides is 2. The molecule has 1 N–H and O–H groups in total. The Morgan fingerprint density at radius 3 is 2.72 bits per heavy atom. The molecule has 2 amide bonds. The van der Waals surface area contributed by atoms with Crippen molar-refractivity contribution in [1.82, 2.24) is 10.2 Å². The van der Waals surface area contributed by atoms with Gasteiger partial charge < -0.3 is 24.4 Å². The third kappa shape index (κ3) is 4.56. The van der Waals surface area contributed by atoms with E-state index in [0.29, 0.717) is 19.7 Å². The number of carbonyl (C=O) groups excluding carboxylic acids is 1. The Labute approximate surface area is 147 Å². The highest BCUT2D eigenvalue weighted by atomic mass is 16.7. The molecule has 0 unspecified atom stereocenters. The molecule has 0 spiro atoms. The summed E-state index contributed by atoms with van der Waals surface area (Å²) in [4.78, 5) is 13.8. The molecular formula is C19H22N2O4. The highest BCUT2D eigenvalue weighted by Gasteiger charge is 2.15. The van der Waals surface area contributed by atoms with Crippen LogP contribution in [0.3, 0.4) is 0 Å². The summed E-state index contributed by atoms with van der Waals surface area (Å²) in [5.41, 5.74) is 2.17. The monoisotopic (exact) mass is 342 g/mol. The Balaban J connectivity index is 1.41. The topological polar surface area (TPSA) is 60.0 Å². The van der Waals surface area contributed by atoms with E-state index in [9.17, 15) is 4.79 Å². The van der Waals surface area contributed by atoms with E-state index in [1.807, 2.05) is 49.4 Å². The highest BCUT2D eigenvalue weighted by Crippen LogP contribution is 2.32. The Morgan fingerprint density at radius 2 is 1.92 bits per heavy atom. The van der Waals surface area contributed by atoms with E-state index in [2.05, 4.69) is 5.32 Å². The Hall–Kier alpha value is -2.89. The van der Waals surface area contributed by atoms with Crippen molar-refractivity contribution in [3.05, 3.63) is 53.6 Å². The molecule has 132 valence electrons. The van der Waals surface area contributed by atoms with Crippen LogP contribution in [-0.4, -0.2) is 37.9 Å². The molecule has 0 radical (unpaired) electrons. The fourth-order valence-corrected chi connectivity index (χ4v) is 2.48. The zero-order chi connectivity index (χ0) is 17.6. The maximum absolute atomic E-state index is 12.1. The van der Waals surface area contributed by atoms with Crippen LogP contribution >= 0.6 is 0 Å². The summed E-state index contributed by atoms with van der Waals surface area (Å²) in [5, 5.41) is 2.84. The number of urea groups is 1.